The minimum absolute atomic E-state index is 0.464. The van der Waals surface area contributed by atoms with Crippen LogP contribution in [0.5, 0.6) is 0 Å². The fraction of sp³-hybridized carbons (Fsp3) is 0.650. The zero-order chi connectivity index (χ0) is 16.6. The van der Waals surface area contributed by atoms with Gasteiger partial charge >= 0.3 is 0 Å². The van der Waals surface area contributed by atoms with Crippen LogP contribution in [0, 0.1) is 11.8 Å². The van der Waals surface area contributed by atoms with E-state index in [0.717, 1.165) is 51.5 Å². The third-order valence-corrected chi connectivity index (χ3v) is 5.72. The van der Waals surface area contributed by atoms with E-state index < -0.39 is 0 Å². The summed E-state index contributed by atoms with van der Waals surface area (Å²) in [5, 5.41) is 12.0. The van der Waals surface area contributed by atoms with Crippen LogP contribution in [-0.2, 0) is 11.2 Å². The number of hydrogen-bond acceptors (Lipinski definition) is 4. The molecule has 1 aliphatic heterocycles. The van der Waals surface area contributed by atoms with Gasteiger partial charge in [-0.05, 0) is 55.9 Å². The van der Waals surface area contributed by atoms with Gasteiger partial charge in [0.05, 0.1) is 13.2 Å². The van der Waals surface area contributed by atoms with Crippen LogP contribution in [0.4, 0.5) is 0 Å². The molecular formula is C20H30N2O2. The summed E-state index contributed by atoms with van der Waals surface area (Å²) in [6, 6.07) is 11.5. The van der Waals surface area contributed by atoms with Crippen molar-refractivity contribution in [2.45, 2.75) is 44.6 Å². The van der Waals surface area contributed by atoms with Gasteiger partial charge in [0.15, 0.2) is 0 Å². The first-order chi connectivity index (χ1) is 11.9. The van der Waals surface area contributed by atoms with Crippen molar-refractivity contribution in [3.63, 3.8) is 0 Å². The Morgan fingerprint density at radius 2 is 1.83 bits per heavy atom. The minimum atomic E-state index is 0.464. The van der Waals surface area contributed by atoms with Gasteiger partial charge in [-0.1, -0.05) is 30.3 Å². The molecule has 1 N–H and O–H groups in total. The second-order valence-corrected chi connectivity index (χ2v) is 7.18. The van der Waals surface area contributed by atoms with Crippen LogP contribution in [0.3, 0.4) is 0 Å². The molecule has 0 bridgehead atoms. The summed E-state index contributed by atoms with van der Waals surface area (Å²) in [6.45, 7) is 3.87. The quantitative estimate of drug-likeness (QED) is 0.492. The van der Waals surface area contributed by atoms with Crippen molar-refractivity contribution in [1.29, 1.82) is 0 Å². The maximum atomic E-state index is 8.76. The number of rotatable bonds is 6. The lowest BCUT2D eigenvalue weighted by molar-refractivity contribution is -0.00542. The van der Waals surface area contributed by atoms with E-state index in [9.17, 15) is 0 Å². The molecule has 0 radical (unpaired) electrons. The molecule has 4 heteroatoms. The predicted octanol–water partition coefficient (Wildman–Crippen LogP) is 3.59. The summed E-state index contributed by atoms with van der Waals surface area (Å²) < 4.78 is 5.56. The van der Waals surface area contributed by atoms with E-state index in [2.05, 4.69) is 40.4 Å². The Bertz CT molecular complexity index is 492. The van der Waals surface area contributed by atoms with E-state index in [0.29, 0.717) is 12.0 Å². The predicted molar refractivity (Wildman–Crippen MR) is 96.7 cm³/mol. The van der Waals surface area contributed by atoms with Gasteiger partial charge in [0.1, 0.15) is 0 Å². The molecule has 4 nitrogen and oxygen atoms in total. The molecule has 2 aliphatic rings. The summed E-state index contributed by atoms with van der Waals surface area (Å²) in [7, 11) is 0. The number of hydrogen-bond donors (Lipinski definition) is 1. The van der Waals surface area contributed by atoms with Gasteiger partial charge in [-0.3, -0.25) is 4.90 Å². The molecule has 2 fully saturated rings. The SMILES string of the molecule is O/N=C/C1CCC(C(CCc2ccccc2)N2CCOCC2)CC1. The second kappa shape index (κ2) is 9.19. The Morgan fingerprint density at radius 3 is 2.50 bits per heavy atom. The van der Waals surface area contributed by atoms with Crippen LogP contribution in [0.25, 0.3) is 0 Å². The molecule has 0 aromatic heterocycles. The van der Waals surface area contributed by atoms with Gasteiger partial charge in [0.2, 0.25) is 0 Å². The number of benzene rings is 1. The third-order valence-electron chi connectivity index (χ3n) is 5.72. The second-order valence-electron chi connectivity index (χ2n) is 7.18. The molecular weight excluding hydrogens is 300 g/mol. The highest BCUT2D eigenvalue weighted by Gasteiger charge is 2.31. The standard InChI is InChI=1S/C20H30N2O2/c23-21-16-18-6-9-19(10-7-18)20(22-12-14-24-15-13-22)11-8-17-4-2-1-3-5-17/h1-5,16,18-20,23H,6-15H2/b21-16+. The molecule has 1 saturated heterocycles. The van der Waals surface area contributed by atoms with Crippen LogP contribution in [0.15, 0.2) is 35.5 Å². The number of oxime groups is 1. The fourth-order valence-electron chi connectivity index (χ4n) is 4.36. The molecule has 0 amide bonds. The summed E-state index contributed by atoms with van der Waals surface area (Å²) in [4.78, 5) is 2.66. The molecule has 1 atom stereocenters. The van der Waals surface area contributed by atoms with Gasteiger partial charge in [-0.2, -0.15) is 0 Å². The highest BCUT2D eigenvalue weighted by Crippen LogP contribution is 2.34. The van der Waals surface area contributed by atoms with Crippen molar-refractivity contribution < 1.29 is 9.94 Å². The maximum absolute atomic E-state index is 8.76. The zero-order valence-electron chi connectivity index (χ0n) is 14.5. The van der Waals surface area contributed by atoms with Crippen molar-refractivity contribution in [3.8, 4) is 0 Å². The molecule has 1 heterocycles. The van der Waals surface area contributed by atoms with Gasteiger partial charge in [0.25, 0.3) is 0 Å². The van der Waals surface area contributed by atoms with Crippen LogP contribution >= 0.6 is 0 Å². The Morgan fingerprint density at radius 1 is 1.12 bits per heavy atom. The Labute approximate surface area is 145 Å². The van der Waals surface area contributed by atoms with Gasteiger partial charge in [-0.25, -0.2) is 0 Å². The molecule has 1 aliphatic carbocycles. The number of nitrogens with zero attached hydrogens (tertiary/aromatic N) is 2. The first-order valence-electron chi connectivity index (χ1n) is 9.40. The third kappa shape index (κ3) is 4.81. The average Bonchev–Trinajstić information content (AvgIpc) is 2.65. The minimum Gasteiger partial charge on any atom is -0.411 e. The largest absolute Gasteiger partial charge is 0.411 e. The summed E-state index contributed by atoms with van der Waals surface area (Å²) >= 11 is 0. The number of morpholine rings is 1. The molecule has 1 aromatic carbocycles. The van der Waals surface area contributed by atoms with Crippen molar-refractivity contribution in [3.05, 3.63) is 35.9 Å². The van der Waals surface area contributed by atoms with Gasteiger partial charge in [0, 0.05) is 25.3 Å². The van der Waals surface area contributed by atoms with Crippen molar-refractivity contribution in [1.82, 2.24) is 4.90 Å². The van der Waals surface area contributed by atoms with Crippen LogP contribution in [0.2, 0.25) is 0 Å². The molecule has 0 spiro atoms. The topological polar surface area (TPSA) is 45.1 Å². The fourth-order valence-corrected chi connectivity index (χ4v) is 4.36. The monoisotopic (exact) mass is 330 g/mol. The summed E-state index contributed by atoms with van der Waals surface area (Å²) in [5.74, 6) is 1.22. The number of ether oxygens (including phenoxy) is 1. The molecule has 1 saturated carbocycles. The molecule has 1 unspecified atom stereocenters. The van der Waals surface area contributed by atoms with E-state index in [1.165, 1.54) is 24.8 Å². The smallest absolute Gasteiger partial charge is 0.0594 e. The van der Waals surface area contributed by atoms with E-state index >= 15 is 0 Å². The van der Waals surface area contributed by atoms with Crippen LogP contribution in [-0.4, -0.2) is 48.7 Å². The van der Waals surface area contributed by atoms with Gasteiger partial charge < -0.3 is 9.94 Å². The van der Waals surface area contributed by atoms with Crippen LogP contribution in [0.1, 0.15) is 37.7 Å². The zero-order valence-corrected chi connectivity index (χ0v) is 14.5. The molecule has 24 heavy (non-hydrogen) atoms. The Balaban J connectivity index is 1.61. The van der Waals surface area contributed by atoms with Crippen LogP contribution < -0.4 is 0 Å². The average molecular weight is 330 g/mol. The Kier molecular flexibility index (Phi) is 6.67. The van der Waals surface area contributed by atoms with Gasteiger partial charge in [-0.15, -0.1) is 5.16 Å². The van der Waals surface area contributed by atoms with Crippen molar-refractivity contribution >= 4 is 6.21 Å². The molecule has 3 rings (SSSR count). The lowest BCUT2D eigenvalue weighted by Gasteiger charge is -2.41. The van der Waals surface area contributed by atoms with E-state index in [1.54, 1.807) is 6.21 Å². The first-order valence-corrected chi connectivity index (χ1v) is 9.40. The van der Waals surface area contributed by atoms with Crippen molar-refractivity contribution in [2.75, 3.05) is 26.3 Å². The molecule has 1 aromatic rings. The Hall–Kier alpha value is -1.39. The highest BCUT2D eigenvalue weighted by atomic mass is 16.5. The molecule has 132 valence electrons. The normalized spacial score (nSPS) is 27.3. The lowest BCUT2D eigenvalue weighted by atomic mass is 9.77. The highest BCUT2D eigenvalue weighted by molar-refractivity contribution is 5.59. The van der Waals surface area contributed by atoms with E-state index in [4.69, 9.17) is 9.94 Å². The first kappa shape index (κ1) is 17.4. The van der Waals surface area contributed by atoms with E-state index in [1.807, 2.05) is 0 Å². The summed E-state index contributed by atoms with van der Waals surface area (Å²) in [6.07, 6.45) is 8.90. The van der Waals surface area contributed by atoms with E-state index in [-0.39, 0.29) is 0 Å². The lowest BCUT2D eigenvalue weighted by Crippen LogP contribution is -2.48. The number of aryl methyl sites for hydroxylation is 1. The van der Waals surface area contributed by atoms with Crippen molar-refractivity contribution in [2.24, 2.45) is 17.0 Å². The maximum Gasteiger partial charge on any atom is 0.0594 e. The summed E-state index contributed by atoms with van der Waals surface area (Å²) in [5.41, 5.74) is 1.44.